The molecule has 0 saturated carbocycles. The first kappa shape index (κ1) is 16.0. The average Bonchev–Trinajstić information content (AvgIpc) is 2.10. The Labute approximate surface area is 87.0 Å². The summed E-state index contributed by atoms with van der Waals surface area (Å²) < 4.78 is 9.75. The third-order valence-corrected chi connectivity index (χ3v) is 0.843. The van der Waals surface area contributed by atoms with Crippen molar-refractivity contribution in [2.24, 2.45) is 0 Å². The van der Waals surface area contributed by atoms with Crippen LogP contribution in [0, 0.1) is 0 Å². The van der Waals surface area contributed by atoms with E-state index < -0.39 is 5.43 Å². The fourth-order valence-electron chi connectivity index (χ4n) is 0.451. The van der Waals surface area contributed by atoms with Gasteiger partial charge in [-0.25, -0.2) is 4.79 Å². The number of carboxylic acid groups (broad SMARTS) is 1. The summed E-state index contributed by atoms with van der Waals surface area (Å²) >= 11 is 4.19. The number of aliphatic hydroxyl groups excluding tert-OH is 2. The Morgan fingerprint density at radius 2 is 1.29 bits per heavy atom. The molecule has 0 fully saturated rings. The van der Waals surface area contributed by atoms with E-state index in [9.17, 15) is 0 Å². The number of rotatable bonds is 7. The van der Waals surface area contributed by atoms with E-state index in [0.29, 0.717) is 26.4 Å². The van der Waals surface area contributed by atoms with Crippen LogP contribution in [0.15, 0.2) is 0 Å². The predicted octanol–water partition coefficient (Wildman–Crippen LogP) is -0.0926. The average molecular weight is 231 g/mol. The maximum Gasteiger partial charge on any atom is 0.401 e. The van der Waals surface area contributed by atoms with Crippen molar-refractivity contribution in [3.63, 3.8) is 0 Å². The predicted molar refractivity (Wildman–Crippen MR) is 49.7 cm³/mol. The molecule has 14 heavy (non-hydrogen) atoms. The molecule has 0 aliphatic carbocycles. The van der Waals surface area contributed by atoms with Crippen molar-refractivity contribution in [1.82, 2.24) is 0 Å². The number of halogens is 1. The number of hydrogen-bond donors (Lipinski definition) is 3. The van der Waals surface area contributed by atoms with Crippen molar-refractivity contribution in [3.05, 3.63) is 0 Å². The van der Waals surface area contributed by atoms with Gasteiger partial charge in [-0.15, -0.1) is 0 Å². The monoisotopic (exact) mass is 230 g/mol. The lowest BCUT2D eigenvalue weighted by atomic mass is 10.7. The maximum atomic E-state index is 8.77. The molecule has 0 amide bonds. The molecule has 0 aromatic carbocycles. The lowest BCUT2D eigenvalue weighted by molar-refractivity contribution is 0.0222. The molecule has 86 valence electrons. The zero-order chi connectivity index (χ0) is 11.2. The Kier molecular flexibility index (Phi) is 17.3. The first-order valence-corrected chi connectivity index (χ1v) is 4.28. The Bertz CT molecular complexity index is 109. The molecule has 0 rings (SSSR count). The van der Waals surface area contributed by atoms with E-state index in [1.54, 1.807) is 0 Å². The van der Waals surface area contributed by atoms with Crippen LogP contribution >= 0.6 is 11.6 Å². The molecule has 0 atom stereocenters. The van der Waals surface area contributed by atoms with Crippen LogP contribution in [-0.2, 0) is 9.47 Å². The Morgan fingerprint density at radius 1 is 1.00 bits per heavy atom. The molecule has 0 aromatic rings. The van der Waals surface area contributed by atoms with Crippen molar-refractivity contribution in [2.45, 2.75) is 0 Å². The van der Waals surface area contributed by atoms with Crippen LogP contribution in [0.3, 0.4) is 0 Å². The fraction of sp³-hybridized carbons (Fsp3) is 0.857. The Morgan fingerprint density at radius 3 is 1.50 bits per heavy atom. The van der Waals surface area contributed by atoms with E-state index in [4.69, 9.17) is 29.6 Å². The molecule has 7 heteroatoms. The van der Waals surface area contributed by atoms with Crippen LogP contribution in [0.4, 0.5) is 4.79 Å². The van der Waals surface area contributed by atoms with Crippen molar-refractivity contribution in [3.8, 4) is 0 Å². The van der Waals surface area contributed by atoms with Gasteiger partial charge in [0.1, 0.15) is 0 Å². The number of hydrogen-bond acceptors (Lipinski definition) is 5. The molecule has 0 heterocycles. The molecule has 6 nitrogen and oxygen atoms in total. The van der Waals surface area contributed by atoms with Crippen molar-refractivity contribution >= 4 is 17.0 Å². The van der Waals surface area contributed by atoms with Crippen LogP contribution in [0.2, 0.25) is 0 Å². The van der Waals surface area contributed by atoms with E-state index in [-0.39, 0.29) is 13.2 Å². The quantitative estimate of drug-likeness (QED) is 0.418. The third kappa shape index (κ3) is 29.9. The van der Waals surface area contributed by atoms with E-state index in [1.807, 2.05) is 0 Å². The van der Waals surface area contributed by atoms with Gasteiger partial charge < -0.3 is 24.8 Å². The summed E-state index contributed by atoms with van der Waals surface area (Å²) in [5, 5.41) is 23.7. The molecule has 0 aliphatic heterocycles. The van der Waals surface area contributed by atoms with Gasteiger partial charge in [0, 0.05) is 11.6 Å². The molecule has 3 N–H and O–H groups in total. The second kappa shape index (κ2) is 15.1. The van der Waals surface area contributed by atoms with Gasteiger partial charge in [-0.05, 0) is 0 Å². The fourth-order valence-corrected chi connectivity index (χ4v) is 0.451. The zero-order valence-electron chi connectivity index (χ0n) is 7.69. The van der Waals surface area contributed by atoms with Gasteiger partial charge in [0.15, 0.2) is 0 Å². The maximum absolute atomic E-state index is 8.77. The molecule has 0 saturated heterocycles. The molecule has 0 spiro atoms. The normalized spacial score (nSPS) is 9.07. The van der Waals surface area contributed by atoms with Gasteiger partial charge >= 0.3 is 5.43 Å². The standard InChI is InChI=1S/C6H14O4.CHClO2/c7-1-3-9-5-6-10-4-2-8;2-1(3)4/h7-8H,1-6H2;(H,3,4). The van der Waals surface area contributed by atoms with Crippen LogP contribution in [-0.4, -0.2) is 60.4 Å². The molecular weight excluding hydrogens is 216 g/mol. The van der Waals surface area contributed by atoms with Crippen molar-refractivity contribution < 1.29 is 29.6 Å². The summed E-state index contributed by atoms with van der Waals surface area (Å²) in [6.45, 7) is 1.73. The van der Waals surface area contributed by atoms with Gasteiger partial charge in [-0.3, -0.25) is 0 Å². The molecule has 0 bridgehead atoms. The van der Waals surface area contributed by atoms with Gasteiger partial charge in [0.2, 0.25) is 0 Å². The zero-order valence-corrected chi connectivity index (χ0v) is 8.44. The smallest absolute Gasteiger partial charge is 0.401 e. The summed E-state index contributed by atoms with van der Waals surface area (Å²) in [4.78, 5) is 8.77. The highest BCUT2D eigenvalue weighted by Gasteiger charge is 1.86. The van der Waals surface area contributed by atoms with Crippen LogP contribution < -0.4 is 0 Å². The Balaban J connectivity index is 0. The van der Waals surface area contributed by atoms with Crippen LogP contribution in [0.5, 0.6) is 0 Å². The second-order valence-corrected chi connectivity index (χ2v) is 2.25. The van der Waals surface area contributed by atoms with E-state index in [1.165, 1.54) is 0 Å². The minimum Gasteiger partial charge on any atom is -0.469 e. The highest BCUT2D eigenvalue weighted by atomic mass is 35.5. The second-order valence-electron chi connectivity index (χ2n) is 1.92. The summed E-state index contributed by atoms with van der Waals surface area (Å²) in [6.07, 6.45) is 0. The molecule has 0 radical (unpaired) electrons. The van der Waals surface area contributed by atoms with Crippen LogP contribution in [0.1, 0.15) is 0 Å². The third-order valence-electron chi connectivity index (χ3n) is 0.843. The van der Waals surface area contributed by atoms with Gasteiger partial charge in [-0.1, -0.05) is 0 Å². The summed E-state index contributed by atoms with van der Waals surface area (Å²) in [6, 6.07) is 0. The lowest BCUT2D eigenvalue weighted by Gasteiger charge is -2.01. The minimum atomic E-state index is -1.36. The van der Waals surface area contributed by atoms with Gasteiger partial charge in [0.25, 0.3) is 0 Å². The van der Waals surface area contributed by atoms with Crippen molar-refractivity contribution in [1.29, 1.82) is 0 Å². The first-order chi connectivity index (χ1) is 6.65. The highest BCUT2D eigenvalue weighted by molar-refractivity contribution is 6.60. The minimum absolute atomic E-state index is 0.0417. The molecule has 0 aromatic heterocycles. The number of ether oxygens (including phenoxy) is 2. The molecule has 0 unspecified atom stereocenters. The summed E-state index contributed by atoms with van der Waals surface area (Å²) in [5.74, 6) is 0. The summed E-state index contributed by atoms with van der Waals surface area (Å²) in [5.41, 5.74) is -1.36. The largest absolute Gasteiger partial charge is 0.469 e. The molecule has 0 aliphatic rings. The Hall–Kier alpha value is -0.400. The highest BCUT2D eigenvalue weighted by Crippen LogP contribution is 1.76. The van der Waals surface area contributed by atoms with E-state index in [2.05, 4.69) is 11.6 Å². The van der Waals surface area contributed by atoms with Gasteiger partial charge in [-0.2, -0.15) is 0 Å². The van der Waals surface area contributed by atoms with E-state index >= 15 is 0 Å². The summed E-state index contributed by atoms with van der Waals surface area (Å²) in [7, 11) is 0. The van der Waals surface area contributed by atoms with Crippen LogP contribution in [0.25, 0.3) is 0 Å². The topological polar surface area (TPSA) is 96.2 Å². The van der Waals surface area contributed by atoms with Gasteiger partial charge in [0.05, 0.1) is 39.6 Å². The lowest BCUT2D eigenvalue weighted by Crippen LogP contribution is -2.09. The van der Waals surface area contributed by atoms with E-state index in [0.717, 1.165) is 0 Å². The number of carbonyl (C=O) groups is 1. The van der Waals surface area contributed by atoms with Crippen molar-refractivity contribution in [2.75, 3.05) is 39.6 Å². The SMILES string of the molecule is O=C(O)Cl.OCCOCCOCCO. The number of aliphatic hydroxyl groups is 2. The first-order valence-electron chi connectivity index (χ1n) is 3.90. The molecular formula is C7H15ClO6.